The fourth-order valence-corrected chi connectivity index (χ4v) is 4.47. The summed E-state index contributed by atoms with van der Waals surface area (Å²) in [5.74, 6) is 1.48. The molecule has 0 atom stereocenters. The lowest BCUT2D eigenvalue weighted by Gasteiger charge is -2.29. The predicted molar refractivity (Wildman–Crippen MR) is 117 cm³/mol. The van der Waals surface area contributed by atoms with Crippen molar-refractivity contribution >= 4 is 38.8 Å². The monoisotopic (exact) mass is 418 g/mol. The topological polar surface area (TPSA) is 50.8 Å². The lowest BCUT2D eigenvalue weighted by Crippen LogP contribution is -2.37. The van der Waals surface area contributed by atoms with E-state index < -0.39 is 0 Å². The lowest BCUT2D eigenvalue weighted by molar-refractivity contribution is 0.279. The molecule has 4 rings (SSSR count). The first-order valence-corrected chi connectivity index (χ1v) is 9.73. The third-order valence-electron chi connectivity index (χ3n) is 4.90. The van der Waals surface area contributed by atoms with Gasteiger partial charge in [-0.2, -0.15) is 0 Å². The quantitative estimate of drug-likeness (QED) is 0.675. The molecule has 0 spiro atoms. The highest BCUT2D eigenvalue weighted by Crippen LogP contribution is 2.30. The first-order valence-electron chi connectivity index (χ1n) is 8.91. The standard InChI is InChI=1S/C21H22N2O3S.ClH/c1-25-17-8-7-14(11-18(17)26-2)9-10-23-12-16-20(24)15-5-3-4-6-19(15)27-21(16)22-13-23;/h3-8,11,22H,9-10,12-13H2,1-2H3;1H. The van der Waals surface area contributed by atoms with Crippen molar-refractivity contribution in [1.29, 1.82) is 0 Å². The third kappa shape index (κ3) is 3.94. The number of rotatable bonds is 5. The Balaban J connectivity index is 0.00000225. The molecule has 28 heavy (non-hydrogen) atoms. The van der Waals surface area contributed by atoms with E-state index in [0.29, 0.717) is 6.54 Å². The maximum atomic E-state index is 12.9. The summed E-state index contributed by atoms with van der Waals surface area (Å²) in [4.78, 5) is 15.1. The van der Waals surface area contributed by atoms with Crippen LogP contribution in [0.25, 0.3) is 10.1 Å². The van der Waals surface area contributed by atoms with Crippen LogP contribution in [0.5, 0.6) is 11.5 Å². The molecule has 0 radical (unpaired) electrons. The molecule has 0 saturated heterocycles. The molecule has 7 heteroatoms. The van der Waals surface area contributed by atoms with Gasteiger partial charge in [-0.05, 0) is 36.2 Å². The second kappa shape index (κ2) is 8.82. The van der Waals surface area contributed by atoms with Gasteiger partial charge in [0.05, 0.1) is 25.9 Å². The van der Waals surface area contributed by atoms with Crippen molar-refractivity contribution in [2.24, 2.45) is 0 Å². The average molecular weight is 419 g/mol. The van der Waals surface area contributed by atoms with E-state index in [2.05, 4.69) is 16.3 Å². The van der Waals surface area contributed by atoms with E-state index in [0.717, 1.165) is 51.8 Å². The van der Waals surface area contributed by atoms with Gasteiger partial charge in [-0.15, -0.1) is 23.7 Å². The predicted octanol–water partition coefficient (Wildman–Crippen LogP) is 4.13. The van der Waals surface area contributed by atoms with Crippen LogP contribution in [-0.4, -0.2) is 32.3 Å². The molecule has 0 unspecified atom stereocenters. The number of methoxy groups -OCH3 is 2. The minimum Gasteiger partial charge on any atom is -0.493 e. The normalized spacial score (nSPS) is 13.4. The molecule has 1 aromatic heterocycles. The van der Waals surface area contributed by atoms with E-state index in [4.69, 9.17) is 9.47 Å². The SMILES string of the molecule is COc1ccc(CCN2CNc3sc4ccccc4c(=O)c3C2)cc1OC.Cl. The van der Waals surface area contributed by atoms with E-state index >= 15 is 0 Å². The molecule has 1 aliphatic rings. The van der Waals surface area contributed by atoms with Crippen molar-refractivity contribution in [2.75, 3.05) is 32.7 Å². The molecule has 0 aliphatic carbocycles. The van der Waals surface area contributed by atoms with Crippen molar-refractivity contribution in [3.05, 3.63) is 63.8 Å². The number of hydrogen-bond acceptors (Lipinski definition) is 6. The van der Waals surface area contributed by atoms with Crippen LogP contribution in [0, 0.1) is 0 Å². The first-order chi connectivity index (χ1) is 13.2. The smallest absolute Gasteiger partial charge is 0.194 e. The first kappa shape index (κ1) is 20.5. The highest BCUT2D eigenvalue weighted by Gasteiger charge is 2.20. The van der Waals surface area contributed by atoms with E-state index in [-0.39, 0.29) is 17.8 Å². The Bertz CT molecular complexity index is 1040. The van der Waals surface area contributed by atoms with Gasteiger partial charge in [0.15, 0.2) is 16.9 Å². The zero-order valence-electron chi connectivity index (χ0n) is 15.9. The zero-order valence-corrected chi connectivity index (χ0v) is 17.5. The highest BCUT2D eigenvalue weighted by molar-refractivity contribution is 7.22. The number of hydrogen-bond donors (Lipinski definition) is 1. The molecule has 2 heterocycles. The number of nitrogens with one attached hydrogen (secondary N) is 1. The summed E-state index contributed by atoms with van der Waals surface area (Å²) < 4.78 is 11.7. The molecule has 1 aliphatic heterocycles. The second-order valence-electron chi connectivity index (χ2n) is 6.56. The number of anilines is 1. The molecule has 0 fully saturated rings. The number of nitrogens with zero attached hydrogens (tertiary/aromatic N) is 1. The molecular formula is C21H23ClN2O3S. The molecule has 1 N–H and O–H groups in total. The number of fused-ring (bicyclic) bond motifs is 2. The molecule has 2 aromatic carbocycles. The summed E-state index contributed by atoms with van der Waals surface area (Å²) in [6.45, 7) is 2.28. The number of ether oxygens (including phenoxy) is 2. The highest BCUT2D eigenvalue weighted by atomic mass is 35.5. The van der Waals surface area contributed by atoms with Crippen LogP contribution in [0.3, 0.4) is 0 Å². The van der Waals surface area contributed by atoms with Gasteiger partial charge in [0, 0.05) is 28.7 Å². The summed E-state index contributed by atoms with van der Waals surface area (Å²) in [7, 11) is 3.29. The Kier molecular flexibility index (Phi) is 6.44. The fraction of sp³-hybridized carbons (Fsp3) is 0.286. The largest absolute Gasteiger partial charge is 0.493 e. The summed E-state index contributed by atoms with van der Waals surface area (Å²) >= 11 is 1.66. The summed E-state index contributed by atoms with van der Waals surface area (Å²) in [5.41, 5.74) is 2.20. The van der Waals surface area contributed by atoms with Crippen LogP contribution < -0.4 is 20.2 Å². The molecule has 3 aromatic rings. The van der Waals surface area contributed by atoms with Crippen LogP contribution >= 0.6 is 23.7 Å². The van der Waals surface area contributed by atoms with Crippen molar-refractivity contribution in [1.82, 2.24) is 4.90 Å². The van der Waals surface area contributed by atoms with Gasteiger partial charge in [0.25, 0.3) is 0 Å². The van der Waals surface area contributed by atoms with E-state index in [9.17, 15) is 4.79 Å². The Hall–Kier alpha value is -2.28. The number of halogens is 1. The molecule has 0 amide bonds. The molecule has 0 bridgehead atoms. The molecule has 0 saturated carbocycles. The summed E-state index contributed by atoms with van der Waals surface area (Å²) in [5, 5.41) is 5.23. The maximum Gasteiger partial charge on any atom is 0.194 e. The van der Waals surface area contributed by atoms with Crippen molar-refractivity contribution in [3.63, 3.8) is 0 Å². The fourth-order valence-electron chi connectivity index (χ4n) is 3.41. The van der Waals surface area contributed by atoms with Gasteiger partial charge in [-0.25, -0.2) is 0 Å². The van der Waals surface area contributed by atoms with Gasteiger partial charge in [-0.1, -0.05) is 18.2 Å². The average Bonchev–Trinajstić information content (AvgIpc) is 2.72. The van der Waals surface area contributed by atoms with Crippen LogP contribution in [-0.2, 0) is 13.0 Å². The van der Waals surface area contributed by atoms with E-state index in [1.807, 2.05) is 36.4 Å². The van der Waals surface area contributed by atoms with Gasteiger partial charge < -0.3 is 14.8 Å². The number of benzene rings is 2. The van der Waals surface area contributed by atoms with Crippen LogP contribution in [0.1, 0.15) is 11.1 Å². The van der Waals surface area contributed by atoms with Gasteiger partial charge in [0.1, 0.15) is 0 Å². The van der Waals surface area contributed by atoms with Crippen molar-refractivity contribution in [2.45, 2.75) is 13.0 Å². The van der Waals surface area contributed by atoms with Gasteiger partial charge >= 0.3 is 0 Å². The van der Waals surface area contributed by atoms with E-state index in [1.54, 1.807) is 25.6 Å². The summed E-state index contributed by atoms with van der Waals surface area (Å²) in [6, 6.07) is 13.8. The van der Waals surface area contributed by atoms with Crippen molar-refractivity contribution in [3.8, 4) is 11.5 Å². The second-order valence-corrected chi connectivity index (χ2v) is 7.61. The Labute approximate surface area is 174 Å². The maximum absolute atomic E-state index is 12.9. The van der Waals surface area contributed by atoms with Crippen LogP contribution in [0.4, 0.5) is 5.00 Å². The minimum atomic E-state index is 0. The van der Waals surface area contributed by atoms with Crippen molar-refractivity contribution < 1.29 is 9.47 Å². The molecule has 148 valence electrons. The molecular weight excluding hydrogens is 396 g/mol. The van der Waals surface area contributed by atoms with Crippen LogP contribution in [0.2, 0.25) is 0 Å². The summed E-state index contributed by atoms with van der Waals surface area (Å²) in [6.07, 6.45) is 0.878. The minimum absolute atomic E-state index is 0. The van der Waals surface area contributed by atoms with Gasteiger partial charge in [0.2, 0.25) is 0 Å². The third-order valence-corrected chi connectivity index (χ3v) is 6.07. The van der Waals surface area contributed by atoms with E-state index in [1.165, 1.54) is 5.56 Å². The zero-order chi connectivity index (χ0) is 18.8. The lowest BCUT2D eigenvalue weighted by atomic mass is 10.1. The molecule has 5 nitrogen and oxygen atoms in total. The Morgan fingerprint density at radius 1 is 1.11 bits per heavy atom. The Morgan fingerprint density at radius 3 is 2.68 bits per heavy atom. The van der Waals surface area contributed by atoms with Crippen LogP contribution in [0.15, 0.2) is 47.3 Å². The van der Waals surface area contributed by atoms with Gasteiger partial charge in [-0.3, -0.25) is 9.69 Å². The Morgan fingerprint density at radius 2 is 1.89 bits per heavy atom.